The lowest BCUT2D eigenvalue weighted by molar-refractivity contribution is -0.120. The number of carbonyl (C=O) groups excluding carboxylic acids is 2. The highest BCUT2D eigenvalue weighted by Gasteiger charge is 2.51. The van der Waals surface area contributed by atoms with Gasteiger partial charge in [-0.1, -0.05) is 5.16 Å². The fourth-order valence-corrected chi connectivity index (χ4v) is 6.44. The summed E-state index contributed by atoms with van der Waals surface area (Å²) in [6.45, 7) is -0.402. The molecular weight excluding hydrogens is 428 g/mol. The Kier molecular flexibility index (Phi) is 5.38. The van der Waals surface area contributed by atoms with Gasteiger partial charge in [0, 0.05) is 11.1 Å². The molecule has 1 aromatic carbocycles. The van der Waals surface area contributed by atoms with Gasteiger partial charge in [0.1, 0.15) is 6.54 Å². The number of benzene rings is 1. The van der Waals surface area contributed by atoms with Crippen LogP contribution in [-0.2, 0) is 11.3 Å². The maximum atomic E-state index is 12.7. The minimum atomic E-state index is -0.795. The average molecular weight is 456 g/mol. The SMILES string of the molecule is COc1ccc(-c2noc(=O)n2CC(=O)NC(=O)NC23CC4CC(CC(C4)C2)C3)cc1OC. The number of ether oxygens (including phenoxy) is 2. The number of hydrogen-bond acceptors (Lipinski definition) is 7. The number of carbonyl (C=O) groups is 2. The van der Waals surface area contributed by atoms with Crippen LogP contribution < -0.4 is 25.9 Å². The van der Waals surface area contributed by atoms with Crippen LogP contribution in [0.5, 0.6) is 11.5 Å². The third-order valence-corrected chi connectivity index (χ3v) is 7.30. The Bertz CT molecular complexity index is 1100. The van der Waals surface area contributed by atoms with Crippen LogP contribution in [0.25, 0.3) is 11.4 Å². The summed E-state index contributed by atoms with van der Waals surface area (Å²) in [6.07, 6.45) is 6.73. The number of nitrogens with zero attached hydrogens (tertiary/aromatic N) is 2. The van der Waals surface area contributed by atoms with Crippen LogP contribution in [-0.4, -0.2) is 41.4 Å². The highest BCUT2D eigenvalue weighted by molar-refractivity contribution is 5.94. The van der Waals surface area contributed by atoms with E-state index in [0.29, 0.717) is 34.8 Å². The number of urea groups is 1. The summed E-state index contributed by atoms with van der Waals surface area (Å²) in [5, 5.41) is 9.27. The van der Waals surface area contributed by atoms with Crippen molar-refractivity contribution in [2.75, 3.05) is 14.2 Å². The fraction of sp³-hybridized carbons (Fsp3) is 0.565. The minimum Gasteiger partial charge on any atom is -0.493 e. The van der Waals surface area contributed by atoms with Crippen molar-refractivity contribution >= 4 is 11.9 Å². The Balaban J connectivity index is 1.27. The van der Waals surface area contributed by atoms with Crippen LogP contribution in [0.1, 0.15) is 38.5 Å². The molecule has 6 rings (SSSR count). The van der Waals surface area contributed by atoms with Gasteiger partial charge in [-0.2, -0.15) is 0 Å². The second-order valence-corrected chi connectivity index (χ2v) is 9.63. The monoisotopic (exact) mass is 456 g/mol. The summed E-state index contributed by atoms with van der Waals surface area (Å²) in [7, 11) is 3.01. The Hall–Kier alpha value is -3.30. The number of imide groups is 1. The van der Waals surface area contributed by atoms with Gasteiger partial charge in [-0.05, 0) is 74.5 Å². The van der Waals surface area contributed by atoms with Crippen molar-refractivity contribution in [3.63, 3.8) is 0 Å². The zero-order chi connectivity index (χ0) is 23.2. The van der Waals surface area contributed by atoms with Crippen LogP contribution in [0.15, 0.2) is 27.5 Å². The van der Waals surface area contributed by atoms with Gasteiger partial charge in [-0.25, -0.2) is 14.2 Å². The van der Waals surface area contributed by atoms with E-state index in [1.165, 1.54) is 33.5 Å². The Labute approximate surface area is 190 Å². The van der Waals surface area contributed by atoms with E-state index in [4.69, 9.17) is 14.0 Å². The molecule has 2 N–H and O–H groups in total. The molecule has 2 aromatic rings. The maximum Gasteiger partial charge on any atom is 0.442 e. The lowest BCUT2D eigenvalue weighted by atomic mass is 9.53. The van der Waals surface area contributed by atoms with Gasteiger partial charge in [-0.3, -0.25) is 14.6 Å². The van der Waals surface area contributed by atoms with Crippen molar-refractivity contribution in [1.82, 2.24) is 20.4 Å². The van der Waals surface area contributed by atoms with E-state index >= 15 is 0 Å². The predicted molar refractivity (Wildman–Crippen MR) is 117 cm³/mol. The molecule has 4 fully saturated rings. The van der Waals surface area contributed by atoms with Gasteiger partial charge in [0.25, 0.3) is 0 Å². The van der Waals surface area contributed by atoms with E-state index < -0.39 is 24.2 Å². The molecule has 0 aliphatic heterocycles. The molecule has 4 saturated carbocycles. The Morgan fingerprint density at radius 3 is 2.33 bits per heavy atom. The number of nitrogens with one attached hydrogen (secondary N) is 2. The zero-order valence-corrected chi connectivity index (χ0v) is 18.8. The minimum absolute atomic E-state index is 0.151. The molecule has 176 valence electrons. The number of hydrogen-bond donors (Lipinski definition) is 2. The Morgan fingerprint density at radius 2 is 1.73 bits per heavy atom. The predicted octanol–water partition coefficient (Wildman–Crippen LogP) is 2.32. The molecule has 10 nitrogen and oxygen atoms in total. The molecule has 0 radical (unpaired) electrons. The van der Waals surface area contributed by atoms with Crippen molar-refractivity contribution in [2.24, 2.45) is 17.8 Å². The normalized spacial score (nSPS) is 27.3. The standard InChI is InChI=1S/C23H28N4O6/c1-31-17-4-3-16(8-18(17)32-2)20-26-33-22(30)27(20)12-19(28)24-21(29)25-23-9-13-5-14(10-23)7-15(6-13)11-23/h3-4,8,13-15H,5-7,9-12H2,1-2H3,(H2,24,25,28,29). The topological polar surface area (TPSA) is 125 Å². The van der Waals surface area contributed by atoms with Gasteiger partial charge >= 0.3 is 11.8 Å². The van der Waals surface area contributed by atoms with Crippen LogP contribution in [0, 0.1) is 17.8 Å². The highest BCUT2D eigenvalue weighted by Crippen LogP contribution is 2.55. The summed E-state index contributed by atoms with van der Waals surface area (Å²) in [5.74, 6) is 1.71. The van der Waals surface area contributed by atoms with Gasteiger partial charge in [-0.15, -0.1) is 0 Å². The first-order valence-corrected chi connectivity index (χ1v) is 11.3. The lowest BCUT2D eigenvalue weighted by Crippen LogP contribution is -2.62. The van der Waals surface area contributed by atoms with E-state index in [2.05, 4.69) is 15.8 Å². The summed E-state index contributed by atoms with van der Waals surface area (Å²) in [4.78, 5) is 37.5. The summed E-state index contributed by atoms with van der Waals surface area (Å²) in [6, 6.07) is 4.45. The molecule has 4 bridgehead atoms. The molecule has 1 aromatic heterocycles. The first-order chi connectivity index (χ1) is 15.9. The van der Waals surface area contributed by atoms with Crippen molar-refractivity contribution in [1.29, 1.82) is 0 Å². The molecular formula is C23H28N4O6. The molecule has 0 spiro atoms. The second kappa shape index (κ2) is 8.24. The third-order valence-electron chi connectivity index (χ3n) is 7.30. The molecule has 4 aliphatic carbocycles. The van der Waals surface area contributed by atoms with Gasteiger partial charge in [0.05, 0.1) is 14.2 Å². The van der Waals surface area contributed by atoms with Crippen LogP contribution >= 0.6 is 0 Å². The van der Waals surface area contributed by atoms with Crippen molar-refractivity contribution in [2.45, 2.75) is 50.6 Å². The smallest absolute Gasteiger partial charge is 0.442 e. The van der Waals surface area contributed by atoms with Crippen LogP contribution in [0.4, 0.5) is 4.79 Å². The van der Waals surface area contributed by atoms with E-state index in [0.717, 1.165) is 23.8 Å². The second-order valence-electron chi connectivity index (χ2n) is 9.63. The number of amides is 3. The number of methoxy groups -OCH3 is 2. The Morgan fingerprint density at radius 1 is 1.09 bits per heavy atom. The largest absolute Gasteiger partial charge is 0.493 e. The highest BCUT2D eigenvalue weighted by atomic mass is 16.5. The lowest BCUT2D eigenvalue weighted by Gasteiger charge is -2.56. The summed E-state index contributed by atoms with van der Waals surface area (Å²) < 4.78 is 16.4. The van der Waals surface area contributed by atoms with Crippen LogP contribution in [0.2, 0.25) is 0 Å². The molecule has 3 amide bonds. The molecule has 0 saturated heterocycles. The first-order valence-electron chi connectivity index (χ1n) is 11.3. The van der Waals surface area contributed by atoms with E-state index in [-0.39, 0.29) is 11.4 Å². The zero-order valence-electron chi connectivity index (χ0n) is 18.8. The van der Waals surface area contributed by atoms with Gasteiger partial charge in [0.15, 0.2) is 17.3 Å². The first kappa shape index (κ1) is 21.5. The fourth-order valence-electron chi connectivity index (χ4n) is 6.44. The molecule has 10 heteroatoms. The van der Waals surface area contributed by atoms with Crippen molar-refractivity contribution in [3.8, 4) is 22.9 Å². The van der Waals surface area contributed by atoms with Crippen molar-refractivity contribution in [3.05, 3.63) is 28.7 Å². The van der Waals surface area contributed by atoms with Gasteiger partial charge in [0.2, 0.25) is 5.91 Å². The van der Waals surface area contributed by atoms with E-state index in [1.54, 1.807) is 18.2 Å². The van der Waals surface area contributed by atoms with Crippen molar-refractivity contribution < 1.29 is 23.6 Å². The van der Waals surface area contributed by atoms with Gasteiger partial charge < -0.3 is 14.8 Å². The quantitative estimate of drug-likeness (QED) is 0.683. The summed E-state index contributed by atoms with van der Waals surface area (Å²) >= 11 is 0. The maximum absolute atomic E-state index is 12.7. The molecule has 0 atom stereocenters. The average Bonchev–Trinajstić information content (AvgIpc) is 3.11. The molecule has 0 unspecified atom stereocenters. The number of rotatable bonds is 6. The third kappa shape index (κ3) is 4.09. The number of aromatic nitrogens is 2. The molecule has 4 aliphatic rings. The van der Waals surface area contributed by atoms with Crippen LogP contribution in [0.3, 0.4) is 0 Å². The molecule has 33 heavy (non-hydrogen) atoms. The molecule has 1 heterocycles. The van der Waals surface area contributed by atoms with E-state index in [9.17, 15) is 14.4 Å². The summed E-state index contributed by atoms with van der Waals surface area (Å²) in [5.41, 5.74) is 0.294. The van der Waals surface area contributed by atoms with E-state index in [1.807, 2.05) is 0 Å².